The van der Waals surface area contributed by atoms with Crippen molar-refractivity contribution in [1.29, 1.82) is 0 Å². The number of nitrogens with zero attached hydrogens (tertiary/aromatic N) is 2. The van der Waals surface area contributed by atoms with E-state index in [1.807, 2.05) is 39.0 Å². The van der Waals surface area contributed by atoms with Crippen LogP contribution in [0.2, 0.25) is 0 Å². The number of carbonyl (C=O) groups excluding carboxylic acids is 2. The summed E-state index contributed by atoms with van der Waals surface area (Å²) < 4.78 is 0.995. The molecule has 2 amide bonds. The van der Waals surface area contributed by atoms with Gasteiger partial charge in [-0.2, -0.15) is 0 Å². The molecule has 0 aliphatic heterocycles. The number of amides is 2. The molecule has 1 aliphatic rings. The molecule has 0 saturated heterocycles. The van der Waals surface area contributed by atoms with Crippen molar-refractivity contribution in [2.45, 2.75) is 82.7 Å². The summed E-state index contributed by atoms with van der Waals surface area (Å²) >= 11 is 2.35. The highest BCUT2D eigenvalue weighted by atomic mass is 32.2. The number of nitrogen functional groups attached to an aromatic ring is 1. The van der Waals surface area contributed by atoms with Gasteiger partial charge in [0, 0.05) is 11.7 Å². The molecular weight excluding hydrogens is 494 g/mol. The van der Waals surface area contributed by atoms with Gasteiger partial charge in [0.2, 0.25) is 5.91 Å². The van der Waals surface area contributed by atoms with Gasteiger partial charge in [0.15, 0.2) is 5.16 Å². The van der Waals surface area contributed by atoms with E-state index in [0.717, 1.165) is 58.5 Å². The van der Waals surface area contributed by atoms with Crippen molar-refractivity contribution in [2.24, 2.45) is 0 Å². The summed E-state index contributed by atoms with van der Waals surface area (Å²) in [5, 5.41) is 6.28. The largest absolute Gasteiger partial charge is 0.352 e. The molecule has 0 bridgehead atoms. The minimum absolute atomic E-state index is 0.0559. The van der Waals surface area contributed by atoms with Gasteiger partial charge in [-0.3, -0.25) is 14.4 Å². The number of hydrogen-bond acceptors (Lipinski definition) is 7. The molecule has 0 radical (unpaired) electrons. The monoisotopic (exact) mass is 527 g/mol. The molecule has 1 saturated carbocycles. The highest BCUT2D eigenvalue weighted by molar-refractivity contribution is 8.00. The SMILES string of the molecule is CC[C@@H](Sc1nc2sc(C(=O)Nc3ccc(C)cc3C)c(C)c2c(=O)n1N)C(=O)NC1CCCCC1. The van der Waals surface area contributed by atoms with Crippen molar-refractivity contribution in [1.82, 2.24) is 15.0 Å². The Bertz CT molecular complexity index is 1360. The Balaban J connectivity index is 1.59. The number of thioether (sulfide) groups is 1. The second-order valence-electron chi connectivity index (χ2n) is 9.44. The summed E-state index contributed by atoms with van der Waals surface area (Å²) in [4.78, 5) is 44.7. The maximum atomic E-state index is 13.2. The van der Waals surface area contributed by atoms with Crippen LogP contribution in [-0.4, -0.2) is 32.8 Å². The number of hydrogen-bond donors (Lipinski definition) is 3. The third-order valence-corrected chi connectivity index (χ3v) is 9.18. The number of nitrogens with one attached hydrogen (secondary N) is 2. The number of aryl methyl sites for hydroxylation is 3. The zero-order valence-electron chi connectivity index (χ0n) is 21.1. The first-order valence-electron chi connectivity index (χ1n) is 12.4. The Hall–Kier alpha value is -2.85. The van der Waals surface area contributed by atoms with E-state index in [1.165, 1.54) is 18.2 Å². The van der Waals surface area contributed by atoms with Crippen LogP contribution in [0.15, 0.2) is 28.2 Å². The lowest BCUT2D eigenvalue weighted by molar-refractivity contribution is -0.121. The molecule has 192 valence electrons. The minimum Gasteiger partial charge on any atom is -0.352 e. The van der Waals surface area contributed by atoms with E-state index in [4.69, 9.17) is 5.84 Å². The minimum atomic E-state index is -0.427. The summed E-state index contributed by atoms with van der Waals surface area (Å²) in [6.45, 7) is 7.60. The summed E-state index contributed by atoms with van der Waals surface area (Å²) in [5.74, 6) is 5.79. The fraction of sp³-hybridized carbons (Fsp3) is 0.462. The predicted molar refractivity (Wildman–Crippen MR) is 148 cm³/mol. The number of benzene rings is 1. The van der Waals surface area contributed by atoms with Crippen molar-refractivity contribution < 1.29 is 9.59 Å². The molecule has 4 N–H and O–H groups in total. The van der Waals surface area contributed by atoms with Gasteiger partial charge < -0.3 is 16.5 Å². The van der Waals surface area contributed by atoms with E-state index < -0.39 is 10.8 Å². The van der Waals surface area contributed by atoms with Gasteiger partial charge in [-0.05, 0) is 57.2 Å². The molecule has 1 fully saturated rings. The van der Waals surface area contributed by atoms with Crippen LogP contribution in [0, 0.1) is 20.8 Å². The fourth-order valence-corrected chi connectivity index (χ4v) is 6.66. The summed E-state index contributed by atoms with van der Waals surface area (Å²) in [6.07, 6.45) is 6.05. The van der Waals surface area contributed by atoms with Gasteiger partial charge in [-0.1, -0.05) is 55.6 Å². The first kappa shape index (κ1) is 26.2. The predicted octanol–water partition coefficient (Wildman–Crippen LogP) is 4.67. The molecule has 4 rings (SSSR count). The number of nitrogens with two attached hydrogens (primary N) is 1. The summed E-state index contributed by atoms with van der Waals surface area (Å²) in [7, 11) is 0. The summed E-state index contributed by atoms with van der Waals surface area (Å²) in [5.41, 5.74) is 2.91. The van der Waals surface area contributed by atoms with Crippen LogP contribution in [0.1, 0.15) is 71.8 Å². The van der Waals surface area contributed by atoms with Gasteiger partial charge >= 0.3 is 0 Å². The van der Waals surface area contributed by atoms with Crippen LogP contribution in [0.3, 0.4) is 0 Å². The topological polar surface area (TPSA) is 119 Å². The molecule has 1 aliphatic carbocycles. The average Bonchev–Trinajstić information content (AvgIpc) is 3.18. The average molecular weight is 528 g/mol. The smallest absolute Gasteiger partial charge is 0.281 e. The van der Waals surface area contributed by atoms with Gasteiger partial charge in [0.1, 0.15) is 4.83 Å². The Morgan fingerprint density at radius 1 is 1.22 bits per heavy atom. The summed E-state index contributed by atoms with van der Waals surface area (Å²) in [6, 6.07) is 6.01. The van der Waals surface area contributed by atoms with Crippen molar-refractivity contribution in [3.63, 3.8) is 0 Å². The lowest BCUT2D eigenvalue weighted by Gasteiger charge is -2.25. The zero-order chi connectivity index (χ0) is 26.0. The first-order chi connectivity index (χ1) is 17.2. The van der Waals surface area contributed by atoms with Crippen LogP contribution in [0.25, 0.3) is 10.2 Å². The fourth-order valence-electron chi connectivity index (χ4n) is 4.60. The quantitative estimate of drug-likeness (QED) is 0.233. The lowest BCUT2D eigenvalue weighted by Crippen LogP contribution is -2.41. The Labute approximate surface area is 219 Å². The molecular formula is C26H33N5O3S2. The number of fused-ring (bicyclic) bond motifs is 1. The van der Waals surface area contributed by atoms with Crippen molar-refractivity contribution in [2.75, 3.05) is 11.2 Å². The molecule has 1 atom stereocenters. The van der Waals surface area contributed by atoms with E-state index in [9.17, 15) is 14.4 Å². The van der Waals surface area contributed by atoms with Crippen molar-refractivity contribution in [3.05, 3.63) is 50.1 Å². The molecule has 10 heteroatoms. The Morgan fingerprint density at radius 3 is 2.61 bits per heavy atom. The third kappa shape index (κ3) is 5.44. The highest BCUT2D eigenvalue weighted by Gasteiger charge is 2.26. The van der Waals surface area contributed by atoms with E-state index in [1.54, 1.807) is 6.92 Å². The lowest BCUT2D eigenvalue weighted by atomic mass is 9.95. The normalized spacial score (nSPS) is 15.1. The molecule has 2 aromatic heterocycles. The van der Waals surface area contributed by atoms with Gasteiger partial charge in [-0.15, -0.1) is 11.3 Å². The first-order valence-corrected chi connectivity index (χ1v) is 14.1. The zero-order valence-corrected chi connectivity index (χ0v) is 22.8. The third-order valence-electron chi connectivity index (χ3n) is 6.66. The van der Waals surface area contributed by atoms with E-state index in [2.05, 4.69) is 15.6 Å². The number of thiophene rings is 1. The highest BCUT2D eigenvalue weighted by Crippen LogP contribution is 2.31. The van der Waals surface area contributed by atoms with Crippen LogP contribution in [-0.2, 0) is 4.79 Å². The molecule has 0 unspecified atom stereocenters. The molecule has 3 aromatic rings. The molecule has 2 heterocycles. The number of aromatic nitrogens is 2. The van der Waals surface area contributed by atoms with Gasteiger partial charge in [-0.25, -0.2) is 9.66 Å². The van der Waals surface area contributed by atoms with E-state index in [0.29, 0.717) is 27.1 Å². The Kier molecular flexibility index (Phi) is 8.04. The van der Waals surface area contributed by atoms with Crippen molar-refractivity contribution in [3.8, 4) is 0 Å². The van der Waals surface area contributed by atoms with Crippen molar-refractivity contribution >= 4 is 50.8 Å². The second kappa shape index (κ2) is 11.0. The standard InChI is InChI=1S/C26H33N5O3S2/c1-5-19(22(32)28-17-9-7-6-8-10-17)35-26-30-24-20(25(34)31(26)27)16(4)21(36-24)23(33)29-18-12-11-14(2)13-15(18)3/h11-13,17,19H,5-10,27H2,1-4H3,(H,28,32)(H,29,33)/t19-/m1/s1. The van der Waals surface area contributed by atoms with E-state index in [-0.39, 0.29) is 23.0 Å². The van der Waals surface area contributed by atoms with Crippen LogP contribution in [0.4, 0.5) is 5.69 Å². The number of rotatable bonds is 7. The van der Waals surface area contributed by atoms with Crippen LogP contribution in [0.5, 0.6) is 0 Å². The maximum Gasteiger partial charge on any atom is 0.281 e. The number of anilines is 1. The molecule has 36 heavy (non-hydrogen) atoms. The molecule has 1 aromatic carbocycles. The second-order valence-corrected chi connectivity index (χ2v) is 11.6. The van der Waals surface area contributed by atoms with Gasteiger partial charge in [0.25, 0.3) is 11.5 Å². The molecule has 8 nitrogen and oxygen atoms in total. The van der Waals surface area contributed by atoms with Gasteiger partial charge in [0.05, 0.1) is 15.5 Å². The van der Waals surface area contributed by atoms with Crippen LogP contribution < -0.4 is 22.0 Å². The Morgan fingerprint density at radius 2 is 1.94 bits per heavy atom. The van der Waals surface area contributed by atoms with E-state index >= 15 is 0 Å². The molecule has 0 spiro atoms. The van der Waals surface area contributed by atoms with Crippen LogP contribution >= 0.6 is 23.1 Å². The number of carbonyl (C=O) groups is 2. The maximum absolute atomic E-state index is 13.2.